The Morgan fingerprint density at radius 1 is 1.09 bits per heavy atom. The zero-order valence-electron chi connectivity index (χ0n) is 18.7. The number of amides is 3. The highest BCUT2D eigenvalue weighted by Gasteiger charge is 2.41. The molecule has 3 amide bonds. The van der Waals surface area contributed by atoms with Gasteiger partial charge in [-0.2, -0.15) is 0 Å². The van der Waals surface area contributed by atoms with Gasteiger partial charge in [0.1, 0.15) is 12.6 Å². The number of hydrogen-bond donors (Lipinski definition) is 1. The summed E-state index contributed by atoms with van der Waals surface area (Å²) < 4.78 is 6.75. The zero-order valence-corrected chi connectivity index (χ0v) is 19.5. The number of rotatable bonds is 7. The molecule has 4 rings (SSSR count). The lowest BCUT2D eigenvalue weighted by atomic mass is 10.1. The summed E-state index contributed by atoms with van der Waals surface area (Å²) in [6, 6.07) is 15.7. The third-order valence-corrected chi connectivity index (χ3v) is 6.20. The molecule has 1 aliphatic rings. The fraction of sp³-hybridized carbons (Fsp3) is 0.200. The molecule has 1 N–H and O–H groups in total. The van der Waals surface area contributed by atoms with Gasteiger partial charge in [0.2, 0.25) is 5.91 Å². The van der Waals surface area contributed by atoms with E-state index in [0.717, 1.165) is 27.6 Å². The minimum atomic E-state index is -1.01. The number of ether oxygens (including phenoxy) is 1. The molecule has 8 nitrogen and oxygen atoms in total. The fourth-order valence-electron chi connectivity index (χ4n) is 3.72. The Labute approximate surface area is 200 Å². The molecule has 0 bridgehead atoms. The number of aromatic nitrogens is 1. The topological polar surface area (TPSA) is 97.7 Å². The van der Waals surface area contributed by atoms with E-state index in [-0.39, 0.29) is 24.0 Å². The molecule has 0 aliphatic carbocycles. The number of nitrogens with zero attached hydrogens (tertiary/aromatic N) is 2. The number of benzene rings is 2. The maximum Gasteiger partial charge on any atom is 0.329 e. The molecule has 1 saturated heterocycles. The number of hydrogen-bond acceptors (Lipinski definition) is 6. The van der Waals surface area contributed by atoms with Crippen molar-refractivity contribution in [2.24, 2.45) is 0 Å². The van der Waals surface area contributed by atoms with E-state index in [9.17, 15) is 19.2 Å². The van der Waals surface area contributed by atoms with Crippen molar-refractivity contribution in [3.8, 4) is 0 Å². The van der Waals surface area contributed by atoms with E-state index in [1.807, 2.05) is 54.6 Å². The Kier molecular flexibility index (Phi) is 6.83. The van der Waals surface area contributed by atoms with Crippen LogP contribution in [0, 0.1) is 0 Å². The van der Waals surface area contributed by atoms with E-state index in [2.05, 4.69) is 5.32 Å². The van der Waals surface area contributed by atoms with Crippen LogP contribution in [-0.2, 0) is 25.7 Å². The summed E-state index contributed by atoms with van der Waals surface area (Å²) in [4.78, 5) is 51.2. The Bertz CT molecular complexity index is 1300. The van der Waals surface area contributed by atoms with E-state index < -0.39 is 23.2 Å². The predicted octanol–water partition coefficient (Wildman–Crippen LogP) is 4.27. The predicted molar refractivity (Wildman–Crippen MR) is 131 cm³/mol. The summed E-state index contributed by atoms with van der Waals surface area (Å²) in [5, 5.41) is 3.17. The van der Waals surface area contributed by atoms with Gasteiger partial charge in [-0.05, 0) is 49.9 Å². The maximum absolute atomic E-state index is 12.9. The van der Waals surface area contributed by atoms with Crippen LogP contribution in [0.4, 0.5) is 10.5 Å². The smallest absolute Gasteiger partial charge is 0.329 e. The number of fused-ring (bicyclic) bond motifs is 1. The molecule has 9 heteroatoms. The molecule has 0 spiro atoms. The highest BCUT2D eigenvalue weighted by Crippen LogP contribution is 2.35. The van der Waals surface area contributed by atoms with E-state index >= 15 is 0 Å². The number of esters is 1. The first-order chi connectivity index (χ1) is 16.4. The molecule has 1 aromatic heterocycles. The Morgan fingerprint density at radius 2 is 1.79 bits per heavy atom. The second-order valence-corrected chi connectivity index (χ2v) is 8.62. The standard InChI is InChI=1S/C25H23N3O5S/c1-3-33-24(31)16(2)28-23(30)21(34-25(28)32)13-17-14-27(20-12-8-7-11-19(17)20)15-22(29)26-18-9-5-4-6-10-18/h4-14,16H,3,15H2,1-2H3,(H,26,29)/b21-13+/t16-/m1/s1. The molecule has 2 heterocycles. The number of imide groups is 1. The molecule has 174 valence electrons. The molecule has 3 aromatic rings. The van der Waals surface area contributed by atoms with E-state index in [1.54, 1.807) is 23.8 Å². The van der Waals surface area contributed by atoms with Crippen LogP contribution in [0.3, 0.4) is 0 Å². The van der Waals surface area contributed by atoms with Gasteiger partial charge in [0, 0.05) is 28.4 Å². The molecule has 0 saturated carbocycles. The average molecular weight is 478 g/mol. The van der Waals surface area contributed by atoms with Crippen molar-refractivity contribution in [1.29, 1.82) is 0 Å². The number of thioether (sulfide) groups is 1. The normalized spacial score (nSPS) is 15.7. The van der Waals surface area contributed by atoms with Gasteiger partial charge in [-0.25, -0.2) is 4.79 Å². The maximum atomic E-state index is 12.9. The monoisotopic (exact) mass is 477 g/mol. The van der Waals surface area contributed by atoms with Gasteiger partial charge < -0.3 is 14.6 Å². The van der Waals surface area contributed by atoms with Crippen LogP contribution < -0.4 is 5.32 Å². The van der Waals surface area contributed by atoms with Crippen molar-refractivity contribution >= 4 is 57.5 Å². The molecule has 1 fully saturated rings. The molecule has 1 aliphatic heterocycles. The van der Waals surface area contributed by atoms with E-state index in [4.69, 9.17) is 4.74 Å². The zero-order chi connectivity index (χ0) is 24.2. The van der Waals surface area contributed by atoms with Crippen LogP contribution in [0.1, 0.15) is 19.4 Å². The van der Waals surface area contributed by atoms with Crippen LogP contribution in [0.5, 0.6) is 0 Å². The molecular weight excluding hydrogens is 454 g/mol. The van der Waals surface area contributed by atoms with E-state index in [1.165, 1.54) is 6.92 Å². The summed E-state index contributed by atoms with van der Waals surface area (Å²) in [6.07, 6.45) is 3.40. The van der Waals surface area contributed by atoms with Crippen LogP contribution >= 0.6 is 11.8 Å². The van der Waals surface area contributed by atoms with Gasteiger partial charge in [0.25, 0.3) is 11.1 Å². The van der Waals surface area contributed by atoms with Gasteiger partial charge >= 0.3 is 5.97 Å². The average Bonchev–Trinajstić information content (AvgIpc) is 3.30. The molecule has 2 aromatic carbocycles. The highest BCUT2D eigenvalue weighted by atomic mass is 32.2. The lowest BCUT2D eigenvalue weighted by Crippen LogP contribution is -2.42. The largest absolute Gasteiger partial charge is 0.464 e. The van der Waals surface area contributed by atoms with Crippen LogP contribution in [0.25, 0.3) is 17.0 Å². The van der Waals surface area contributed by atoms with Crippen molar-refractivity contribution in [2.75, 3.05) is 11.9 Å². The first-order valence-electron chi connectivity index (χ1n) is 10.8. The van der Waals surface area contributed by atoms with Crippen molar-refractivity contribution in [3.63, 3.8) is 0 Å². The first kappa shape index (κ1) is 23.3. The Balaban J connectivity index is 1.60. The quantitative estimate of drug-likeness (QED) is 0.403. The van der Waals surface area contributed by atoms with Crippen LogP contribution in [0.2, 0.25) is 0 Å². The van der Waals surface area contributed by atoms with Gasteiger partial charge in [-0.1, -0.05) is 36.4 Å². The van der Waals surface area contributed by atoms with Crippen molar-refractivity contribution in [1.82, 2.24) is 9.47 Å². The molecular formula is C25H23N3O5S. The minimum Gasteiger partial charge on any atom is -0.464 e. The summed E-state index contributed by atoms with van der Waals surface area (Å²) in [7, 11) is 0. The molecule has 0 radical (unpaired) electrons. The number of nitrogens with one attached hydrogen (secondary N) is 1. The van der Waals surface area contributed by atoms with Crippen LogP contribution in [-0.4, -0.2) is 45.1 Å². The lowest BCUT2D eigenvalue weighted by molar-refractivity contribution is -0.150. The number of carbonyl (C=O) groups excluding carboxylic acids is 4. The van der Waals surface area contributed by atoms with Crippen molar-refractivity contribution in [3.05, 3.63) is 71.3 Å². The highest BCUT2D eigenvalue weighted by molar-refractivity contribution is 8.18. The summed E-state index contributed by atoms with van der Waals surface area (Å²) in [5.41, 5.74) is 2.21. The molecule has 0 unspecified atom stereocenters. The van der Waals surface area contributed by atoms with E-state index in [0.29, 0.717) is 11.3 Å². The third-order valence-electron chi connectivity index (χ3n) is 5.32. The van der Waals surface area contributed by atoms with Crippen LogP contribution in [0.15, 0.2) is 65.7 Å². The minimum absolute atomic E-state index is 0.0740. The summed E-state index contributed by atoms with van der Waals surface area (Å²) in [5.74, 6) is -1.37. The first-order valence-corrected chi connectivity index (χ1v) is 11.6. The van der Waals surface area contributed by atoms with Gasteiger partial charge in [0.05, 0.1) is 11.5 Å². The van der Waals surface area contributed by atoms with Crippen molar-refractivity contribution < 1.29 is 23.9 Å². The number of para-hydroxylation sites is 2. The Hall–Kier alpha value is -3.85. The van der Waals surface area contributed by atoms with Gasteiger partial charge in [-0.15, -0.1) is 0 Å². The van der Waals surface area contributed by atoms with Crippen molar-refractivity contribution in [2.45, 2.75) is 26.4 Å². The molecule has 1 atom stereocenters. The SMILES string of the molecule is CCOC(=O)[C@@H](C)N1C(=O)S/C(=C/c2cn(CC(=O)Nc3ccccc3)c3ccccc23)C1=O. The second kappa shape index (κ2) is 9.96. The van der Waals surface area contributed by atoms with Gasteiger partial charge in [-0.3, -0.25) is 19.3 Å². The third kappa shape index (κ3) is 4.74. The summed E-state index contributed by atoms with van der Waals surface area (Å²) >= 11 is 0.776. The molecule has 34 heavy (non-hydrogen) atoms. The number of carbonyl (C=O) groups is 4. The number of anilines is 1. The summed E-state index contributed by atoms with van der Waals surface area (Å²) in [6.45, 7) is 3.36. The second-order valence-electron chi connectivity index (χ2n) is 7.62. The fourth-order valence-corrected chi connectivity index (χ4v) is 4.62. The lowest BCUT2D eigenvalue weighted by Gasteiger charge is -2.19. The van der Waals surface area contributed by atoms with Gasteiger partial charge in [0.15, 0.2) is 0 Å². The Morgan fingerprint density at radius 3 is 2.53 bits per heavy atom.